The number of aromatic nitrogens is 2. The normalized spacial score (nSPS) is 15.2. The lowest BCUT2D eigenvalue weighted by atomic mass is 10.2. The molecule has 2 amide bonds. The van der Waals surface area contributed by atoms with Crippen molar-refractivity contribution in [1.29, 1.82) is 0 Å². The molecule has 0 unspecified atom stereocenters. The van der Waals surface area contributed by atoms with Crippen molar-refractivity contribution in [1.82, 2.24) is 10.1 Å². The summed E-state index contributed by atoms with van der Waals surface area (Å²) >= 11 is 6.40. The number of rotatable bonds is 6. The molecule has 0 atom stereocenters. The Kier molecular flexibility index (Phi) is 6.25. The minimum atomic E-state index is -4.68. The summed E-state index contributed by atoms with van der Waals surface area (Å²) in [5.41, 5.74) is 0.501. The Morgan fingerprint density at radius 2 is 1.68 bits per heavy atom. The van der Waals surface area contributed by atoms with Crippen molar-refractivity contribution in [3.63, 3.8) is 0 Å². The highest BCUT2D eigenvalue weighted by Crippen LogP contribution is 2.39. The predicted octanol–water partition coefficient (Wildman–Crippen LogP) is 4.55. The van der Waals surface area contributed by atoms with Crippen molar-refractivity contribution in [3.05, 3.63) is 59.4 Å². The monoisotopic (exact) mass is 548 g/mol. The molecule has 3 heterocycles. The van der Waals surface area contributed by atoms with Crippen molar-refractivity contribution >= 4 is 50.4 Å². The highest BCUT2D eigenvalue weighted by molar-refractivity contribution is 7.82. The molecule has 2 aromatic carbocycles. The van der Waals surface area contributed by atoms with Crippen LogP contribution in [0.25, 0.3) is 10.9 Å². The van der Waals surface area contributed by atoms with E-state index in [1.807, 2.05) is 0 Å². The first-order chi connectivity index (χ1) is 17.7. The number of amides is 2. The molecule has 5 rings (SSSR count). The van der Waals surface area contributed by atoms with Gasteiger partial charge in [-0.05, 0) is 31.2 Å². The number of ether oxygens (including phenoxy) is 3. The number of halogens is 1. The van der Waals surface area contributed by atoms with Crippen molar-refractivity contribution in [2.75, 3.05) is 24.3 Å². The Bertz CT molecular complexity index is 1630. The zero-order valence-electron chi connectivity index (χ0n) is 19.4. The van der Waals surface area contributed by atoms with Gasteiger partial charge < -0.3 is 18.7 Å². The van der Waals surface area contributed by atoms with Gasteiger partial charge in [0.05, 0.1) is 30.4 Å². The maximum atomic E-state index is 12.9. The van der Waals surface area contributed by atoms with Gasteiger partial charge in [-0.2, -0.15) is 8.42 Å². The average molecular weight is 549 g/mol. The summed E-state index contributed by atoms with van der Waals surface area (Å²) in [6.07, 6.45) is 1.56. The topological polar surface area (TPSA) is 143 Å². The van der Waals surface area contributed by atoms with Gasteiger partial charge in [0.1, 0.15) is 17.3 Å². The molecule has 37 heavy (non-hydrogen) atoms. The van der Waals surface area contributed by atoms with Crippen LogP contribution in [0.5, 0.6) is 23.0 Å². The lowest BCUT2D eigenvalue weighted by molar-refractivity contribution is 0.139. The molecule has 192 valence electrons. The fourth-order valence-electron chi connectivity index (χ4n) is 3.45. The van der Waals surface area contributed by atoms with Crippen molar-refractivity contribution in [2.45, 2.75) is 6.92 Å². The SMILES string of the molecule is COc1cc2nccc(Oc3ccc(N4OS(=O)(=O)ON(c5cc(C)on5)C4=O)c(Cl)c3)c2cc1OC. The van der Waals surface area contributed by atoms with Crippen LogP contribution in [-0.4, -0.2) is 38.8 Å². The van der Waals surface area contributed by atoms with Gasteiger partial charge in [-0.1, -0.05) is 16.8 Å². The van der Waals surface area contributed by atoms with Crippen LogP contribution < -0.4 is 24.3 Å². The number of hydroxylamine groups is 2. The van der Waals surface area contributed by atoms with Crippen LogP contribution >= 0.6 is 11.6 Å². The van der Waals surface area contributed by atoms with E-state index in [2.05, 4.69) is 14.4 Å². The second-order valence-electron chi connectivity index (χ2n) is 7.47. The highest BCUT2D eigenvalue weighted by Gasteiger charge is 2.42. The van der Waals surface area contributed by atoms with Gasteiger partial charge >= 0.3 is 16.4 Å². The number of methoxy groups -OCH3 is 2. The van der Waals surface area contributed by atoms with Gasteiger partial charge in [0.25, 0.3) is 0 Å². The van der Waals surface area contributed by atoms with Crippen LogP contribution in [-0.2, 0) is 19.0 Å². The number of carbonyl (C=O) groups is 1. The van der Waals surface area contributed by atoms with Crippen LogP contribution in [0.2, 0.25) is 5.02 Å². The molecule has 2 aromatic heterocycles. The van der Waals surface area contributed by atoms with Crippen LogP contribution in [0.15, 0.2) is 53.2 Å². The molecule has 0 radical (unpaired) electrons. The van der Waals surface area contributed by atoms with Crippen LogP contribution in [0.1, 0.15) is 5.76 Å². The van der Waals surface area contributed by atoms with E-state index in [-0.39, 0.29) is 22.3 Å². The Labute approximate surface area is 214 Å². The molecule has 1 saturated heterocycles. The maximum Gasteiger partial charge on any atom is 0.443 e. The van der Waals surface area contributed by atoms with Gasteiger partial charge in [0, 0.05) is 29.8 Å². The van der Waals surface area contributed by atoms with Crippen molar-refractivity contribution in [3.8, 4) is 23.0 Å². The van der Waals surface area contributed by atoms with E-state index >= 15 is 0 Å². The standard InChI is InChI=1S/C22H17ClN4O9S/c1-12-8-21(25-34-12)27-22(28)26(35-37(29,30)36-27)17-5-4-13(9-15(17)23)33-18-6-7-24-16-11-20(32-3)19(31-2)10-14(16)18/h4-11H,1-3H3. The first-order valence-corrected chi connectivity index (χ1v) is 12.1. The summed E-state index contributed by atoms with van der Waals surface area (Å²) in [7, 11) is -1.65. The summed E-state index contributed by atoms with van der Waals surface area (Å²) in [5.74, 6) is 1.82. The second-order valence-corrected chi connectivity index (χ2v) is 8.99. The third-order valence-corrected chi connectivity index (χ3v) is 6.04. The third-order valence-electron chi connectivity index (χ3n) is 5.08. The second kappa shape index (κ2) is 9.40. The zero-order chi connectivity index (χ0) is 26.3. The first kappa shape index (κ1) is 24.6. The van der Waals surface area contributed by atoms with E-state index in [1.54, 1.807) is 31.3 Å². The van der Waals surface area contributed by atoms with Crippen LogP contribution in [0.4, 0.5) is 16.3 Å². The minimum absolute atomic E-state index is 0.0585. The highest BCUT2D eigenvalue weighted by atomic mass is 35.5. The number of hydrogen-bond acceptors (Lipinski definition) is 11. The van der Waals surface area contributed by atoms with E-state index in [4.69, 9.17) is 34.6 Å². The summed E-state index contributed by atoms with van der Waals surface area (Å²) in [6.45, 7) is 1.56. The lowest BCUT2D eigenvalue weighted by Gasteiger charge is -2.30. The number of fused-ring (bicyclic) bond motifs is 1. The lowest BCUT2D eigenvalue weighted by Crippen LogP contribution is -2.51. The molecule has 1 aliphatic rings. The number of pyridine rings is 1. The van der Waals surface area contributed by atoms with Crippen molar-refractivity contribution in [2.24, 2.45) is 0 Å². The van der Waals surface area contributed by atoms with Gasteiger partial charge in [-0.25, -0.2) is 4.79 Å². The molecule has 0 N–H and O–H groups in total. The number of urea groups is 1. The summed E-state index contributed by atoms with van der Waals surface area (Å²) in [4.78, 5) is 17.3. The number of hydrogen-bond donors (Lipinski definition) is 0. The van der Waals surface area contributed by atoms with E-state index in [0.717, 1.165) is 0 Å². The Morgan fingerprint density at radius 1 is 0.946 bits per heavy atom. The largest absolute Gasteiger partial charge is 0.493 e. The molecule has 0 saturated carbocycles. The molecule has 0 aliphatic carbocycles. The molecule has 0 spiro atoms. The van der Waals surface area contributed by atoms with Gasteiger partial charge in [-0.3, -0.25) is 4.98 Å². The number of carbonyl (C=O) groups excluding carboxylic acids is 1. The summed E-state index contributed by atoms with van der Waals surface area (Å²) < 4.78 is 55.3. The Balaban J connectivity index is 1.46. The maximum absolute atomic E-state index is 12.9. The zero-order valence-corrected chi connectivity index (χ0v) is 20.9. The van der Waals surface area contributed by atoms with Crippen LogP contribution in [0.3, 0.4) is 0 Å². The molecule has 1 aliphatic heterocycles. The molecule has 1 fully saturated rings. The van der Waals surface area contributed by atoms with Gasteiger partial charge in [0.2, 0.25) is 5.82 Å². The number of aryl methyl sites for hydroxylation is 1. The van der Waals surface area contributed by atoms with E-state index in [0.29, 0.717) is 44.0 Å². The molecule has 13 nitrogen and oxygen atoms in total. The van der Waals surface area contributed by atoms with E-state index in [1.165, 1.54) is 38.5 Å². The fraction of sp³-hybridized carbons (Fsp3) is 0.136. The molecule has 4 aromatic rings. The average Bonchev–Trinajstić information content (AvgIpc) is 3.31. The van der Waals surface area contributed by atoms with Gasteiger partial charge in [0.15, 0.2) is 11.5 Å². The number of nitrogens with zero attached hydrogens (tertiary/aromatic N) is 4. The first-order valence-electron chi connectivity index (χ1n) is 10.4. The number of benzene rings is 2. The predicted molar refractivity (Wildman–Crippen MR) is 129 cm³/mol. The Hall–Kier alpha value is -4.11. The minimum Gasteiger partial charge on any atom is -0.493 e. The summed E-state index contributed by atoms with van der Waals surface area (Å²) in [6, 6.07) is 9.53. The van der Waals surface area contributed by atoms with E-state index in [9.17, 15) is 13.2 Å². The number of anilines is 2. The third kappa shape index (κ3) is 4.70. The molecule has 0 bridgehead atoms. The fourth-order valence-corrected chi connectivity index (χ4v) is 4.37. The summed E-state index contributed by atoms with van der Waals surface area (Å²) in [5, 5.41) is 5.03. The van der Waals surface area contributed by atoms with Gasteiger partial charge in [-0.15, -0.1) is 18.7 Å². The van der Waals surface area contributed by atoms with Crippen LogP contribution in [0, 0.1) is 6.92 Å². The Morgan fingerprint density at radius 3 is 2.35 bits per heavy atom. The van der Waals surface area contributed by atoms with Crippen molar-refractivity contribution < 1.29 is 40.5 Å². The smallest absolute Gasteiger partial charge is 0.443 e. The molecular formula is C22H17ClN4O9S. The van der Waals surface area contributed by atoms with E-state index < -0.39 is 16.4 Å². The molecule has 15 heteroatoms. The molecular weight excluding hydrogens is 532 g/mol. The quantitative estimate of drug-likeness (QED) is 0.335.